The molecule has 4 nitrogen and oxygen atoms in total. The molecule has 0 fully saturated rings. The molecular formula is C12H15ClFN3O. The van der Waals surface area contributed by atoms with E-state index < -0.39 is 0 Å². The number of benzene rings is 1. The van der Waals surface area contributed by atoms with Gasteiger partial charge in [0.25, 0.3) is 0 Å². The summed E-state index contributed by atoms with van der Waals surface area (Å²) in [5.74, 6) is -0.373. The summed E-state index contributed by atoms with van der Waals surface area (Å²) >= 11 is 5.90. The number of aliphatic hydroxyl groups excluding tert-OH is 1. The monoisotopic (exact) mass is 271 g/mol. The predicted octanol–water partition coefficient (Wildman–Crippen LogP) is 1.64. The van der Waals surface area contributed by atoms with Gasteiger partial charge in [-0.1, -0.05) is 11.6 Å². The average Bonchev–Trinajstić information content (AvgIpc) is 2.38. The van der Waals surface area contributed by atoms with Gasteiger partial charge in [0.1, 0.15) is 5.82 Å². The third-order valence-corrected chi connectivity index (χ3v) is 3.10. The van der Waals surface area contributed by atoms with Crippen LogP contribution in [-0.2, 0) is 0 Å². The van der Waals surface area contributed by atoms with Crippen LogP contribution in [0, 0.1) is 5.82 Å². The van der Waals surface area contributed by atoms with Crippen LogP contribution in [0.4, 0.5) is 10.1 Å². The second-order valence-corrected chi connectivity index (χ2v) is 4.45. The molecule has 0 atom stereocenters. The molecule has 4 N–H and O–H groups in total. The van der Waals surface area contributed by atoms with Crippen LogP contribution in [-0.4, -0.2) is 24.8 Å². The fraction of sp³-hybridized carbons (Fsp3) is 0.333. The minimum atomic E-state index is -0.373. The third kappa shape index (κ3) is 3.13. The van der Waals surface area contributed by atoms with Crippen LogP contribution in [0.1, 0.15) is 6.42 Å². The Morgan fingerprint density at radius 1 is 1.39 bits per heavy atom. The van der Waals surface area contributed by atoms with Crippen molar-refractivity contribution >= 4 is 17.3 Å². The quantitative estimate of drug-likeness (QED) is 0.629. The van der Waals surface area contributed by atoms with E-state index in [1.807, 2.05) is 0 Å². The van der Waals surface area contributed by atoms with Crippen molar-refractivity contribution in [3.8, 4) is 0 Å². The van der Waals surface area contributed by atoms with E-state index in [1.54, 1.807) is 6.07 Å². The lowest BCUT2D eigenvalue weighted by Gasteiger charge is -2.22. The maximum absolute atomic E-state index is 12.9. The highest BCUT2D eigenvalue weighted by Crippen LogP contribution is 2.22. The first-order chi connectivity index (χ1) is 8.70. The summed E-state index contributed by atoms with van der Waals surface area (Å²) in [6.07, 6.45) is 0.793. The van der Waals surface area contributed by atoms with Gasteiger partial charge in [0, 0.05) is 25.2 Å². The SMILES string of the molecule is OCC1=C(NNc2ccc(F)cc2Cl)CCNC1. The van der Waals surface area contributed by atoms with Gasteiger partial charge < -0.3 is 15.8 Å². The first-order valence-electron chi connectivity index (χ1n) is 5.70. The Morgan fingerprint density at radius 3 is 2.94 bits per heavy atom. The van der Waals surface area contributed by atoms with Gasteiger partial charge in [-0.3, -0.25) is 5.43 Å². The molecule has 18 heavy (non-hydrogen) atoms. The van der Waals surface area contributed by atoms with E-state index >= 15 is 0 Å². The third-order valence-electron chi connectivity index (χ3n) is 2.79. The van der Waals surface area contributed by atoms with Crippen molar-refractivity contribution in [3.05, 3.63) is 40.3 Å². The van der Waals surface area contributed by atoms with Crippen molar-refractivity contribution in [2.75, 3.05) is 25.1 Å². The molecule has 0 aromatic heterocycles. The Morgan fingerprint density at radius 2 is 2.22 bits per heavy atom. The van der Waals surface area contributed by atoms with E-state index in [1.165, 1.54) is 12.1 Å². The van der Waals surface area contributed by atoms with Crippen LogP contribution in [0.5, 0.6) is 0 Å². The minimum absolute atomic E-state index is 0.00810. The van der Waals surface area contributed by atoms with E-state index in [0.717, 1.165) is 24.2 Å². The zero-order valence-corrected chi connectivity index (χ0v) is 10.5. The Labute approximate surface area is 110 Å². The second-order valence-electron chi connectivity index (χ2n) is 4.04. The van der Waals surface area contributed by atoms with E-state index in [-0.39, 0.29) is 12.4 Å². The molecule has 98 valence electrons. The number of rotatable bonds is 4. The Kier molecular flexibility index (Phi) is 4.41. The van der Waals surface area contributed by atoms with Crippen LogP contribution in [0.3, 0.4) is 0 Å². The topological polar surface area (TPSA) is 56.3 Å². The molecule has 0 spiro atoms. The van der Waals surface area contributed by atoms with Crippen LogP contribution < -0.4 is 16.2 Å². The van der Waals surface area contributed by atoms with E-state index in [9.17, 15) is 9.50 Å². The van der Waals surface area contributed by atoms with Crippen LogP contribution in [0.15, 0.2) is 29.5 Å². The zero-order valence-electron chi connectivity index (χ0n) is 9.76. The second kappa shape index (κ2) is 6.04. The van der Waals surface area contributed by atoms with Crippen molar-refractivity contribution in [3.63, 3.8) is 0 Å². The summed E-state index contributed by atoms with van der Waals surface area (Å²) in [6, 6.07) is 4.14. The number of aliphatic hydroxyl groups is 1. The number of hydrazine groups is 1. The molecule has 0 saturated heterocycles. The van der Waals surface area contributed by atoms with E-state index in [2.05, 4.69) is 16.2 Å². The normalized spacial score (nSPS) is 15.7. The Hall–Kier alpha value is -1.30. The summed E-state index contributed by atoms with van der Waals surface area (Å²) in [5.41, 5.74) is 8.40. The number of hydrogen-bond acceptors (Lipinski definition) is 4. The first kappa shape index (κ1) is 13.1. The molecule has 0 unspecified atom stereocenters. The molecule has 0 amide bonds. The minimum Gasteiger partial charge on any atom is -0.392 e. The lowest BCUT2D eigenvalue weighted by molar-refractivity contribution is 0.321. The van der Waals surface area contributed by atoms with Crippen molar-refractivity contribution in [1.82, 2.24) is 10.7 Å². The highest BCUT2D eigenvalue weighted by Gasteiger charge is 2.11. The molecule has 2 rings (SSSR count). The summed E-state index contributed by atoms with van der Waals surface area (Å²) in [6.45, 7) is 1.52. The predicted molar refractivity (Wildman–Crippen MR) is 69.8 cm³/mol. The largest absolute Gasteiger partial charge is 0.392 e. The van der Waals surface area contributed by atoms with Crippen LogP contribution in [0.25, 0.3) is 0 Å². The van der Waals surface area contributed by atoms with E-state index in [0.29, 0.717) is 17.3 Å². The molecular weight excluding hydrogens is 257 g/mol. The fourth-order valence-electron chi connectivity index (χ4n) is 1.77. The standard InChI is InChI=1S/C12H15ClFN3O/c13-10-5-9(14)1-2-12(10)17-16-11-3-4-15-6-8(11)7-18/h1-2,5,15-18H,3-4,6-7H2. The summed E-state index contributed by atoms with van der Waals surface area (Å²) < 4.78 is 12.9. The zero-order chi connectivity index (χ0) is 13.0. The Bertz CT molecular complexity index is 465. The van der Waals surface area contributed by atoms with Gasteiger partial charge in [-0.25, -0.2) is 4.39 Å². The van der Waals surface area contributed by atoms with Gasteiger partial charge in [0.05, 0.1) is 17.3 Å². The van der Waals surface area contributed by atoms with Crippen molar-refractivity contribution < 1.29 is 9.50 Å². The maximum atomic E-state index is 12.9. The van der Waals surface area contributed by atoms with Gasteiger partial charge in [-0.05, 0) is 23.8 Å². The van der Waals surface area contributed by atoms with Gasteiger partial charge in [-0.2, -0.15) is 0 Å². The molecule has 6 heteroatoms. The highest BCUT2D eigenvalue weighted by molar-refractivity contribution is 6.33. The molecule has 0 saturated carbocycles. The van der Waals surface area contributed by atoms with Crippen molar-refractivity contribution in [2.24, 2.45) is 0 Å². The summed E-state index contributed by atoms with van der Waals surface area (Å²) in [4.78, 5) is 0. The molecule has 1 heterocycles. The van der Waals surface area contributed by atoms with Gasteiger partial charge in [0.2, 0.25) is 0 Å². The van der Waals surface area contributed by atoms with Gasteiger partial charge >= 0.3 is 0 Å². The van der Waals surface area contributed by atoms with E-state index in [4.69, 9.17) is 11.6 Å². The average molecular weight is 272 g/mol. The fourth-order valence-corrected chi connectivity index (χ4v) is 1.99. The van der Waals surface area contributed by atoms with Crippen molar-refractivity contribution in [1.29, 1.82) is 0 Å². The molecule has 0 radical (unpaired) electrons. The lowest BCUT2D eigenvalue weighted by Crippen LogP contribution is -2.34. The molecule has 1 aromatic rings. The number of halogens is 2. The first-order valence-corrected chi connectivity index (χ1v) is 6.08. The summed E-state index contributed by atoms with van der Waals surface area (Å²) in [5, 5.41) is 12.7. The number of hydrogen-bond donors (Lipinski definition) is 4. The van der Waals surface area contributed by atoms with Gasteiger partial charge in [0.15, 0.2) is 0 Å². The molecule has 1 aromatic carbocycles. The summed E-state index contributed by atoms with van der Waals surface area (Å²) in [7, 11) is 0. The maximum Gasteiger partial charge on any atom is 0.124 e. The molecule has 1 aliphatic rings. The van der Waals surface area contributed by atoms with Crippen molar-refractivity contribution in [2.45, 2.75) is 6.42 Å². The smallest absolute Gasteiger partial charge is 0.124 e. The molecule has 1 aliphatic heterocycles. The lowest BCUT2D eigenvalue weighted by atomic mass is 10.1. The Balaban J connectivity index is 2.04. The van der Waals surface area contributed by atoms with Crippen LogP contribution in [0.2, 0.25) is 5.02 Å². The highest BCUT2D eigenvalue weighted by atomic mass is 35.5. The van der Waals surface area contributed by atoms with Gasteiger partial charge in [-0.15, -0.1) is 0 Å². The van der Waals surface area contributed by atoms with Crippen LogP contribution >= 0.6 is 11.6 Å². The molecule has 0 bridgehead atoms. The molecule has 0 aliphatic carbocycles. The number of anilines is 1. The number of nitrogens with one attached hydrogen (secondary N) is 3.